The summed E-state index contributed by atoms with van der Waals surface area (Å²) in [5, 5.41) is 0. The van der Waals surface area contributed by atoms with Crippen LogP contribution in [0.2, 0.25) is 0 Å². The van der Waals surface area contributed by atoms with Crippen molar-refractivity contribution < 1.29 is 17.2 Å². The second kappa shape index (κ2) is 5.51. The molecule has 0 bridgehead atoms. The molecule has 1 aromatic heterocycles. The van der Waals surface area contributed by atoms with E-state index in [1.807, 2.05) is 0 Å². The predicted molar refractivity (Wildman–Crippen MR) is 69.0 cm³/mol. The zero-order chi connectivity index (χ0) is 14.8. The van der Waals surface area contributed by atoms with Crippen molar-refractivity contribution in [3.8, 4) is 0 Å². The van der Waals surface area contributed by atoms with Crippen molar-refractivity contribution in [1.29, 1.82) is 0 Å². The van der Waals surface area contributed by atoms with E-state index < -0.39 is 32.2 Å². The van der Waals surface area contributed by atoms with E-state index in [2.05, 4.69) is 9.71 Å². The third-order valence-electron chi connectivity index (χ3n) is 2.56. The van der Waals surface area contributed by atoms with Crippen LogP contribution >= 0.6 is 0 Å². The SMILES string of the molecule is Nc1cc(S(=O)(=O)NCc2ccncc2)c(F)cc1F. The maximum absolute atomic E-state index is 13.5. The molecule has 0 aliphatic heterocycles. The van der Waals surface area contributed by atoms with Gasteiger partial charge >= 0.3 is 0 Å². The number of hydrogen-bond donors (Lipinski definition) is 2. The van der Waals surface area contributed by atoms with Crippen LogP contribution in [0, 0.1) is 11.6 Å². The Hall–Kier alpha value is -2.06. The molecule has 0 saturated carbocycles. The van der Waals surface area contributed by atoms with Crippen molar-refractivity contribution in [2.75, 3.05) is 5.73 Å². The van der Waals surface area contributed by atoms with Gasteiger partial charge in [-0.3, -0.25) is 4.98 Å². The van der Waals surface area contributed by atoms with Gasteiger partial charge in [-0.05, 0) is 23.8 Å². The zero-order valence-electron chi connectivity index (χ0n) is 10.2. The monoisotopic (exact) mass is 299 g/mol. The average molecular weight is 299 g/mol. The van der Waals surface area contributed by atoms with Gasteiger partial charge in [0, 0.05) is 25.0 Å². The normalized spacial score (nSPS) is 11.5. The molecule has 2 rings (SSSR count). The number of anilines is 1. The highest BCUT2D eigenvalue weighted by Crippen LogP contribution is 2.20. The van der Waals surface area contributed by atoms with Crippen LogP contribution in [0.5, 0.6) is 0 Å². The summed E-state index contributed by atoms with van der Waals surface area (Å²) in [5.41, 5.74) is 5.47. The summed E-state index contributed by atoms with van der Waals surface area (Å²) in [6.07, 6.45) is 3.00. The Morgan fingerprint density at radius 2 is 1.80 bits per heavy atom. The summed E-state index contributed by atoms with van der Waals surface area (Å²) in [5.74, 6) is -2.20. The van der Waals surface area contributed by atoms with E-state index in [0.29, 0.717) is 11.6 Å². The quantitative estimate of drug-likeness (QED) is 0.836. The number of aromatic nitrogens is 1. The summed E-state index contributed by atoms with van der Waals surface area (Å²) in [4.78, 5) is 3.10. The first-order valence-electron chi connectivity index (χ1n) is 5.53. The van der Waals surface area contributed by atoms with Crippen LogP contribution in [0.3, 0.4) is 0 Å². The number of nitrogens with two attached hydrogens (primary N) is 1. The van der Waals surface area contributed by atoms with Crippen LogP contribution in [0.1, 0.15) is 5.56 Å². The molecule has 8 heteroatoms. The Morgan fingerprint density at radius 1 is 1.15 bits per heavy atom. The fourth-order valence-electron chi connectivity index (χ4n) is 1.51. The number of halogens is 2. The van der Waals surface area contributed by atoms with Crippen molar-refractivity contribution in [2.45, 2.75) is 11.4 Å². The summed E-state index contributed by atoms with van der Waals surface area (Å²) < 4.78 is 52.6. The minimum atomic E-state index is -4.12. The number of sulfonamides is 1. The van der Waals surface area contributed by atoms with Crippen LogP contribution in [0.15, 0.2) is 41.6 Å². The maximum Gasteiger partial charge on any atom is 0.243 e. The molecule has 0 amide bonds. The molecule has 0 atom stereocenters. The number of hydrogen-bond acceptors (Lipinski definition) is 4. The molecule has 0 spiro atoms. The average Bonchev–Trinajstić information content (AvgIpc) is 2.42. The summed E-state index contributed by atoms with van der Waals surface area (Å²) in [7, 11) is -4.12. The molecule has 0 fully saturated rings. The Bertz CT molecular complexity index is 721. The molecular formula is C12H11F2N3O2S. The Kier molecular flexibility index (Phi) is 3.96. The number of benzene rings is 1. The number of rotatable bonds is 4. The number of nitrogen functional groups attached to an aromatic ring is 1. The highest BCUT2D eigenvalue weighted by molar-refractivity contribution is 7.89. The van der Waals surface area contributed by atoms with Crippen molar-refractivity contribution in [1.82, 2.24) is 9.71 Å². The first kappa shape index (κ1) is 14.4. The molecule has 0 saturated heterocycles. The lowest BCUT2D eigenvalue weighted by atomic mass is 10.3. The van der Waals surface area contributed by atoms with Gasteiger partial charge in [-0.25, -0.2) is 21.9 Å². The molecule has 0 unspecified atom stereocenters. The van der Waals surface area contributed by atoms with Gasteiger partial charge in [-0.2, -0.15) is 0 Å². The maximum atomic E-state index is 13.5. The van der Waals surface area contributed by atoms with E-state index in [9.17, 15) is 17.2 Å². The Balaban J connectivity index is 2.25. The third kappa shape index (κ3) is 3.09. The topological polar surface area (TPSA) is 85.1 Å². The van der Waals surface area contributed by atoms with Crippen LogP contribution in [-0.4, -0.2) is 13.4 Å². The molecule has 0 aliphatic rings. The second-order valence-electron chi connectivity index (χ2n) is 3.98. The van der Waals surface area contributed by atoms with E-state index in [0.717, 1.165) is 6.07 Å². The summed E-state index contributed by atoms with van der Waals surface area (Å²) >= 11 is 0. The van der Waals surface area contributed by atoms with Crippen molar-refractivity contribution in [3.05, 3.63) is 53.9 Å². The van der Waals surface area contributed by atoms with Gasteiger partial charge in [0.2, 0.25) is 10.0 Å². The third-order valence-corrected chi connectivity index (χ3v) is 3.97. The second-order valence-corrected chi connectivity index (χ2v) is 5.72. The van der Waals surface area contributed by atoms with Gasteiger partial charge in [-0.15, -0.1) is 0 Å². The van der Waals surface area contributed by atoms with Crippen molar-refractivity contribution in [3.63, 3.8) is 0 Å². The first-order chi connectivity index (χ1) is 9.40. The van der Waals surface area contributed by atoms with E-state index in [4.69, 9.17) is 5.73 Å². The Morgan fingerprint density at radius 3 is 2.45 bits per heavy atom. The molecular weight excluding hydrogens is 288 g/mol. The highest BCUT2D eigenvalue weighted by Gasteiger charge is 2.20. The van der Waals surface area contributed by atoms with Crippen LogP contribution in [0.4, 0.5) is 14.5 Å². The van der Waals surface area contributed by atoms with E-state index in [1.165, 1.54) is 12.4 Å². The molecule has 1 aromatic carbocycles. The zero-order valence-corrected chi connectivity index (χ0v) is 11.0. The lowest BCUT2D eigenvalue weighted by molar-refractivity contribution is 0.544. The van der Waals surface area contributed by atoms with E-state index in [-0.39, 0.29) is 6.54 Å². The fraction of sp³-hybridized carbons (Fsp3) is 0.0833. The van der Waals surface area contributed by atoms with Crippen molar-refractivity contribution >= 4 is 15.7 Å². The van der Waals surface area contributed by atoms with Crippen LogP contribution in [0.25, 0.3) is 0 Å². The standard InChI is InChI=1S/C12H11F2N3O2S/c13-9-5-10(14)12(6-11(9)15)20(18,19)17-7-8-1-3-16-4-2-8/h1-6,17H,7,15H2. The largest absolute Gasteiger partial charge is 0.396 e. The van der Waals surface area contributed by atoms with Gasteiger partial charge in [0.15, 0.2) is 0 Å². The molecule has 20 heavy (non-hydrogen) atoms. The smallest absolute Gasteiger partial charge is 0.243 e. The number of pyridine rings is 1. The summed E-state index contributed by atoms with van der Waals surface area (Å²) in [6.45, 7) is -0.0401. The minimum Gasteiger partial charge on any atom is -0.396 e. The molecule has 0 aliphatic carbocycles. The van der Waals surface area contributed by atoms with Crippen LogP contribution < -0.4 is 10.5 Å². The van der Waals surface area contributed by atoms with E-state index in [1.54, 1.807) is 12.1 Å². The molecule has 1 heterocycles. The van der Waals surface area contributed by atoms with Crippen LogP contribution in [-0.2, 0) is 16.6 Å². The van der Waals surface area contributed by atoms with Gasteiger partial charge < -0.3 is 5.73 Å². The minimum absolute atomic E-state index is 0.0401. The van der Waals surface area contributed by atoms with Gasteiger partial charge in [0.1, 0.15) is 16.5 Å². The van der Waals surface area contributed by atoms with Gasteiger partial charge in [0.25, 0.3) is 0 Å². The van der Waals surface area contributed by atoms with E-state index >= 15 is 0 Å². The predicted octanol–water partition coefficient (Wildman–Crippen LogP) is 1.42. The number of nitrogens with zero attached hydrogens (tertiary/aromatic N) is 1. The highest BCUT2D eigenvalue weighted by atomic mass is 32.2. The summed E-state index contributed by atoms with van der Waals surface area (Å²) in [6, 6.07) is 4.41. The molecule has 2 aromatic rings. The fourth-order valence-corrected chi connectivity index (χ4v) is 2.62. The number of nitrogens with one attached hydrogen (secondary N) is 1. The van der Waals surface area contributed by atoms with Gasteiger partial charge in [-0.1, -0.05) is 0 Å². The lowest BCUT2D eigenvalue weighted by Crippen LogP contribution is -2.24. The molecule has 3 N–H and O–H groups in total. The molecule has 106 valence electrons. The molecule has 5 nitrogen and oxygen atoms in total. The lowest BCUT2D eigenvalue weighted by Gasteiger charge is -2.09. The molecule has 0 radical (unpaired) electrons. The Labute approximate surface area is 114 Å². The van der Waals surface area contributed by atoms with Crippen molar-refractivity contribution in [2.24, 2.45) is 0 Å². The van der Waals surface area contributed by atoms with Gasteiger partial charge in [0.05, 0.1) is 5.69 Å². The first-order valence-corrected chi connectivity index (χ1v) is 7.01.